The van der Waals surface area contributed by atoms with Crippen LogP contribution in [-0.4, -0.2) is 61.8 Å². The van der Waals surface area contributed by atoms with Gasteiger partial charge in [-0.3, -0.25) is 0 Å². The lowest BCUT2D eigenvalue weighted by atomic mass is 9.57. The number of unbranched alkanes of at least 4 members (excludes halogenated alkanes) is 2. The van der Waals surface area contributed by atoms with Crippen LogP contribution in [0.2, 0.25) is 0 Å². The summed E-state index contributed by atoms with van der Waals surface area (Å²) in [6.07, 6.45) is 12.2. The Bertz CT molecular complexity index is 762. The summed E-state index contributed by atoms with van der Waals surface area (Å²) in [5.74, 6) is -0.105. The number of hydrogen-bond donors (Lipinski definition) is 0. The average Bonchev–Trinajstić information content (AvgIpc) is 3.77. The van der Waals surface area contributed by atoms with Crippen molar-refractivity contribution in [1.82, 2.24) is 0 Å². The number of rotatable bonds is 18. The van der Waals surface area contributed by atoms with Crippen LogP contribution in [0, 0.1) is 17.3 Å². The summed E-state index contributed by atoms with van der Waals surface area (Å²) in [5.41, 5.74) is -3.09. The summed E-state index contributed by atoms with van der Waals surface area (Å²) in [6.45, 7) is 10.8. The van der Waals surface area contributed by atoms with Gasteiger partial charge in [-0.1, -0.05) is 66.2 Å². The summed E-state index contributed by atoms with van der Waals surface area (Å²) < 4.78 is 29.8. The van der Waals surface area contributed by atoms with Gasteiger partial charge < -0.3 is 23.7 Å². The standard InChI is InChI=1S/C30H50O7/c1-5-9-12-22(7-3)18-35-26(31)29-15-11-14-28(16-24-20-33-24,17-25-21-34-25)30(29,37-29)27(32)36-19-23(8-4)13-10-6-2/h22-25H,5-21H2,1-4H3. The lowest BCUT2D eigenvalue weighted by Gasteiger charge is -2.42. The van der Waals surface area contributed by atoms with Crippen molar-refractivity contribution < 1.29 is 33.3 Å². The zero-order valence-electron chi connectivity index (χ0n) is 23.7. The first-order valence-electron chi connectivity index (χ1n) is 15.2. The Kier molecular flexibility index (Phi) is 9.61. The van der Waals surface area contributed by atoms with E-state index in [-0.39, 0.29) is 24.1 Å². The molecule has 7 heteroatoms. The average molecular weight is 523 g/mol. The van der Waals surface area contributed by atoms with E-state index < -0.39 is 16.6 Å². The van der Waals surface area contributed by atoms with Gasteiger partial charge in [-0.2, -0.15) is 0 Å². The van der Waals surface area contributed by atoms with Crippen LogP contribution in [0.5, 0.6) is 0 Å². The molecule has 0 aromatic rings. The van der Waals surface area contributed by atoms with Crippen molar-refractivity contribution in [1.29, 1.82) is 0 Å². The Morgan fingerprint density at radius 3 is 1.78 bits per heavy atom. The largest absolute Gasteiger partial charge is 0.463 e. The van der Waals surface area contributed by atoms with E-state index in [0.29, 0.717) is 57.5 Å². The normalized spacial score (nSPS) is 35.2. The summed E-state index contributed by atoms with van der Waals surface area (Å²) in [4.78, 5) is 27.9. The molecule has 0 aromatic heterocycles. The fourth-order valence-corrected chi connectivity index (χ4v) is 6.78. The van der Waals surface area contributed by atoms with E-state index in [1.54, 1.807) is 0 Å². The minimum Gasteiger partial charge on any atom is -0.463 e. The summed E-state index contributed by atoms with van der Waals surface area (Å²) in [5, 5.41) is 0. The SMILES string of the molecule is CCCCC(CC)COC(=O)C12CCCC(CC3CO3)(CC3CO3)C1(C(=O)OCC(CC)CCCC)O2. The maximum atomic E-state index is 14.1. The van der Waals surface area contributed by atoms with Crippen molar-refractivity contribution >= 4 is 11.9 Å². The number of fused-ring (bicyclic) bond motifs is 1. The molecule has 3 heterocycles. The molecule has 0 N–H and O–H groups in total. The lowest BCUT2D eigenvalue weighted by molar-refractivity contribution is -0.163. The number of epoxide rings is 3. The highest BCUT2D eigenvalue weighted by Crippen LogP contribution is 2.70. The quantitative estimate of drug-likeness (QED) is 0.167. The number of hydrogen-bond acceptors (Lipinski definition) is 7. The number of esters is 2. The van der Waals surface area contributed by atoms with Crippen molar-refractivity contribution in [2.45, 2.75) is 135 Å². The van der Waals surface area contributed by atoms with Crippen molar-refractivity contribution in [3.05, 3.63) is 0 Å². The first-order valence-corrected chi connectivity index (χ1v) is 15.2. The summed E-state index contributed by atoms with van der Waals surface area (Å²) >= 11 is 0. The van der Waals surface area contributed by atoms with Gasteiger partial charge in [0.2, 0.25) is 11.2 Å². The van der Waals surface area contributed by atoms with Crippen molar-refractivity contribution in [3.8, 4) is 0 Å². The molecular weight excluding hydrogens is 472 g/mol. The third-order valence-corrected chi connectivity index (χ3v) is 9.43. The van der Waals surface area contributed by atoms with Crippen LogP contribution in [-0.2, 0) is 33.3 Å². The molecule has 1 saturated carbocycles. The fourth-order valence-electron chi connectivity index (χ4n) is 6.78. The van der Waals surface area contributed by atoms with Crippen LogP contribution in [0.1, 0.15) is 111 Å². The predicted octanol–water partition coefficient (Wildman–Crippen LogP) is 5.76. The van der Waals surface area contributed by atoms with E-state index in [2.05, 4.69) is 27.7 Å². The maximum Gasteiger partial charge on any atom is 0.342 e. The van der Waals surface area contributed by atoms with Crippen LogP contribution in [0.4, 0.5) is 0 Å². The van der Waals surface area contributed by atoms with Crippen LogP contribution in [0.25, 0.3) is 0 Å². The van der Waals surface area contributed by atoms with Gasteiger partial charge in [0.1, 0.15) is 0 Å². The zero-order valence-corrected chi connectivity index (χ0v) is 23.7. The van der Waals surface area contributed by atoms with Crippen molar-refractivity contribution in [2.75, 3.05) is 26.4 Å². The minimum atomic E-state index is -1.30. The molecular formula is C30H50O7. The number of carbonyl (C=O) groups excluding carboxylic acids is 2. The van der Waals surface area contributed by atoms with Gasteiger partial charge in [0.05, 0.1) is 38.6 Å². The predicted molar refractivity (Wildman–Crippen MR) is 140 cm³/mol. The van der Waals surface area contributed by atoms with E-state index >= 15 is 0 Å². The van der Waals surface area contributed by atoms with Gasteiger partial charge in [0.25, 0.3) is 0 Å². The second kappa shape index (κ2) is 12.3. The smallest absolute Gasteiger partial charge is 0.342 e. The van der Waals surface area contributed by atoms with E-state index in [9.17, 15) is 9.59 Å². The van der Waals surface area contributed by atoms with Crippen LogP contribution in [0.15, 0.2) is 0 Å². The number of carbonyl (C=O) groups is 2. The molecule has 0 bridgehead atoms. The van der Waals surface area contributed by atoms with Gasteiger partial charge in [-0.05, 0) is 56.8 Å². The van der Waals surface area contributed by atoms with E-state index in [1.165, 1.54) is 0 Å². The van der Waals surface area contributed by atoms with Gasteiger partial charge in [-0.15, -0.1) is 0 Å². The van der Waals surface area contributed by atoms with Gasteiger partial charge in [0, 0.05) is 5.41 Å². The van der Waals surface area contributed by atoms with Gasteiger partial charge in [-0.25, -0.2) is 9.59 Å². The van der Waals surface area contributed by atoms with Gasteiger partial charge in [0.15, 0.2) is 0 Å². The third kappa shape index (κ3) is 6.04. The fraction of sp³-hybridized carbons (Fsp3) is 0.933. The molecule has 6 atom stereocenters. The Hall–Kier alpha value is -1.18. The zero-order chi connectivity index (χ0) is 26.5. The molecule has 0 spiro atoms. The van der Waals surface area contributed by atoms with E-state index in [1.807, 2.05) is 0 Å². The molecule has 37 heavy (non-hydrogen) atoms. The van der Waals surface area contributed by atoms with Gasteiger partial charge >= 0.3 is 11.9 Å². The monoisotopic (exact) mass is 522 g/mol. The molecule has 3 saturated heterocycles. The Balaban J connectivity index is 1.56. The molecule has 3 aliphatic heterocycles. The minimum absolute atomic E-state index is 0.103. The topological polar surface area (TPSA) is 90.2 Å². The molecule has 0 amide bonds. The number of ether oxygens (including phenoxy) is 5. The Morgan fingerprint density at radius 2 is 1.32 bits per heavy atom. The third-order valence-electron chi connectivity index (χ3n) is 9.43. The molecule has 4 fully saturated rings. The van der Waals surface area contributed by atoms with Crippen molar-refractivity contribution in [3.63, 3.8) is 0 Å². The molecule has 0 aromatic carbocycles. The Labute approximate surface area is 223 Å². The summed E-state index contributed by atoms with van der Waals surface area (Å²) in [6, 6.07) is 0. The van der Waals surface area contributed by atoms with Crippen LogP contribution < -0.4 is 0 Å². The van der Waals surface area contributed by atoms with E-state index in [0.717, 1.165) is 64.2 Å². The summed E-state index contributed by atoms with van der Waals surface area (Å²) in [7, 11) is 0. The molecule has 6 unspecified atom stereocenters. The van der Waals surface area contributed by atoms with E-state index in [4.69, 9.17) is 23.7 Å². The van der Waals surface area contributed by atoms with Crippen molar-refractivity contribution in [2.24, 2.45) is 17.3 Å². The first-order chi connectivity index (χ1) is 17.9. The maximum absolute atomic E-state index is 14.1. The highest BCUT2D eigenvalue weighted by atomic mass is 16.7. The Morgan fingerprint density at radius 1 is 0.811 bits per heavy atom. The molecule has 0 radical (unpaired) electrons. The highest BCUT2D eigenvalue weighted by Gasteiger charge is 2.89. The molecule has 7 nitrogen and oxygen atoms in total. The highest BCUT2D eigenvalue weighted by molar-refractivity contribution is 5.99. The van der Waals surface area contributed by atoms with Crippen LogP contribution in [0.3, 0.4) is 0 Å². The van der Waals surface area contributed by atoms with Crippen LogP contribution >= 0.6 is 0 Å². The molecule has 1 aliphatic carbocycles. The molecule has 4 rings (SSSR count). The molecule has 212 valence electrons. The lowest BCUT2D eigenvalue weighted by Crippen LogP contribution is -2.57. The second-order valence-corrected chi connectivity index (χ2v) is 12.1. The molecule has 4 aliphatic rings. The second-order valence-electron chi connectivity index (χ2n) is 12.1. The first kappa shape index (κ1) is 28.8.